The molecule has 1 aliphatic carbocycles. The van der Waals surface area contributed by atoms with Crippen LogP contribution < -0.4 is 0 Å². The average Bonchev–Trinajstić information content (AvgIpc) is 2.79. The Bertz CT molecular complexity index is 469. The molecule has 0 aliphatic heterocycles. The van der Waals surface area contributed by atoms with Crippen LogP contribution in [0.15, 0.2) is 47.8 Å². The molecule has 1 heterocycles. The maximum Gasteiger partial charge on any atom is 0.163 e. The van der Waals surface area contributed by atoms with Crippen molar-refractivity contribution in [2.45, 2.75) is 26.7 Å². The minimum absolute atomic E-state index is 0.213. The molecule has 2 nitrogen and oxygen atoms in total. The Morgan fingerprint density at radius 1 is 1.41 bits per heavy atom. The van der Waals surface area contributed by atoms with Crippen molar-refractivity contribution >= 4 is 5.78 Å². The van der Waals surface area contributed by atoms with Crippen LogP contribution in [0, 0.1) is 5.92 Å². The molecule has 0 saturated heterocycles. The lowest BCUT2D eigenvalue weighted by Gasteiger charge is -2.07. The molecule has 0 aromatic carbocycles. The van der Waals surface area contributed by atoms with E-state index in [1.807, 2.05) is 18.2 Å². The number of ketones is 1. The van der Waals surface area contributed by atoms with Gasteiger partial charge in [-0.1, -0.05) is 37.6 Å². The van der Waals surface area contributed by atoms with Gasteiger partial charge >= 0.3 is 0 Å². The smallest absolute Gasteiger partial charge is 0.163 e. The second-order valence-electron chi connectivity index (χ2n) is 4.73. The van der Waals surface area contributed by atoms with E-state index in [0.717, 1.165) is 17.6 Å². The van der Waals surface area contributed by atoms with Gasteiger partial charge in [0, 0.05) is 18.8 Å². The van der Waals surface area contributed by atoms with Gasteiger partial charge in [-0.05, 0) is 29.5 Å². The summed E-state index contributed by atoms with van der Waals surface area (Å²) >= 11 is 0. The fraction of sp³-hybridized carbons (Fsp3) is 0.333. The molecular formula is C15H17NO. The van der Waals surface area contributed by atoms with E-state index in [9.17, 15) is 4.79 Å². The summed E-state index contributed by atoms with van der Waals surface area (Å²) in [4.78, 5) is 16.1. The molecule has 0 N–H and O–H groups in total. The first kappa shape index (κ1) is 11.8. The van der Waals surface area contributed by atoms with E-state index in [-0.39, 0.29) is 5.78 Å². The Kier molecular flexibility index (Phi) is 3.52. The van der Waals surface area contributed by atoms with Gasteiger partial charge in [0.15, 0.2) is 5.78 Å². The predicted molar refractivity (Wildman–Crippen MR) is 68.6 cm³/mol. The van der Waals surface area contributed by atoms with Gasteiger partial charge in [-0.2, -0.15) is 0 Å². The molecule has 1 aromatic heterocycles. The minimum atomic E-state index is 0.213. The minimum Gasteiger partial charge on any atom is -0.294 e. The lowest BCUT2D eigenvalue weighted by molar-refractivity contribution is -0.115. The molecule has 0 spiro atoms. The Hall–Kier alpha value is -1.70. The van der Waals surface area contributed by atoms with Crippen LogP contribution in [0.3, 0.4) is 0 Å². The summed E-state index contributed by atoms with van der Waals surface area (Å²) in [6.07, 6.45) is 8.80. The van der Waals surface area contributed by atoms with Gasteiger partial charge in [0.1, 0.15) is 0 Å². The largest absolute Gasteiger partial charge is 0.294 e. The van der Waals surface area contributed by atoms with Crippen LogP contribution in [0.5, 0.6) is 0 Å². The molecule has 88 valence electrons. The molecular weight excluding hydrogens is 210 g/mol. The Morgan fingerprint density at radius 3 is 2.82 bits per heavy atom. The van der Waals surface area contributed by atoms with Gasteiger partial charge in [0.25, 0.3) is 0 Å². The highest BCUT2D eigenvalue weighted by molar-refractivity contribution is 5.98. The molecule has 2 rings (SSSR count). The van der Waals surface area contributed by atoms with E-state index in [1.165, 1.54) is 5.57 Å². The Morgan fingerprint density at radius 2 is 2.24 bits per heavy atom. The summed E-state index contributed by atoms with van der Waals surface area (Å²) in [6.45, 7) is 4.32. The predicted octanol–water partition coefficient (Wildman–Crippen LogP) is 3.11. The number of carbonyl (C=O) groups excluding carboxylic acids is 1. The first-order chi connectivity index (χ1) is 8.16. The zero-order valence-electron chi connectivity index (χ0n) is 10.3. The summed E-state index contributed by atoms with van der Waals surface area (Å²) in [5, 5.41) is 0. The third-order valence-corrected chi connectivity index (χ3v) is 3.08. The standard InChI is InChI=1S/C15H17NO/c1-11(2)13-5-6-14(9-13)15(17)8-12-4-3-7-16-10-12/h3-7,10-11H,8-9H2,1-2H3. The normalized spacial score (nSPS) is 14.8. The molecule has 0 fully saturated rings. The maximum atomic E-state index is 12.1. The van der Waals surface area contributed by atoms with Gasteiger partial charge < -0.3 is 0 Å². The number of aromatic nitrogens is 1. The maximum absolute atomic E-state index is 12.1. The number of carbonyl (C=O) groups is 1. The molecule has 1 aromatic rings. The molecule has 0 unspecified atom stereocenters. The van der Waals surface area contributed by atoms with E-state index in [0.29, 0.717) is 12.3 Å². The number of pyridine rings is 1. The zero-order chi connectivity index (χ0) is 12.3. The molecule has 0 bridgehead atoms. The van der Waals surface area contributed by atoms with Crippen molar-refractivity contribution in [2.24, 2.45) is 5.92 Å². The number of hydrogen-bond acceptors (Lipinski definition) is 2. The molecule has 2 heteroatoms. The fourth-order valence-electron chi connectivity index (χ4n) is 1.94. The van der Waals surface area contributed by atoms with Gasteiger partial charge in [0.05, 0.1) is 0 Å². The number of rotatable bonds is 4. The van der Waals surface area contributed by atoms with Crippen LogP contribution in [0.1, 0.15) is 25.8 Å². The van der Waals surface area contributed by atoms with E-state index in [2.05, 4.69) is 24.9 Å². The molecule has 17 heavy (non-hydrogen) atoms. The van der Waals surface area contributed by atoms with Gasteiger partial charge in [-0.25, -0.2) is 0 Å². The summed E-state index contributed by atoms with van der Waals surface area (Å²) < 4.78 is 0. The first-order valence-corrected chi connectivity index (χ1v) is 5.98. The van der Waals surface area contributed by atoms with Gasteiger partial charge in [-0.15, -0.1) is 0 Å². The quantitative estimate of drug-likeness (QED) is 0.791. The van der Waals surface area contributed by atoms with Crippen molar-refractivity contribution in [3.8, 4) is 0 Å². The average molecular weight is 227 g/mol. The lowest BCUT2D eigenvalue weighted by Crippen LogP contribution is -2.06. The van der Waals surface area contributed by atoms with Gasteiger partial charge in [0.2, 0.25) is 0 Å². The topological polar surface area (TPSA) is 30.0 Å². The second kappa shape index (κ2) is 5.09. The van der Waals surface area contributed by atoms with E-state index in [4.69, 9.17) is 0 Å². The number of allylic oxidation sites excluding steroid dienone is 4. The van der Waals surface area contributed by atoms with Crippen molar-refractivity contribution < 1.29 is 4.79 Å². The monoisotopic (exact) mass is 227 g/mol. The van der Waals surface area contributed by atoms with Crippen LogP contribution in [0.4, 0.5) is 0 Å². The second-order valence-corrected chi connectivity index (χ2v) is 4.73. The first-order valence-electron chi connectivity index (χ1n) is 5.98. The van der Waals surface area contributed by atoms with Crippen molar-refractivity contribution in [3.63, 3.8) is 0 Å². The molecule has 0 atom stereocenters. The van der Waals surface area contributed by atoms with Crippen molar-refractivity contribution in [1.82, 2.24) is 4.98 Å². The van der Waals surface area contributed by atoms with Crippen molar-refractivity contribution in [2.75, 3.05) is 0 Å². The Labute approximate surface area is 102 Å². The third-order valence-electron chi connectivity index (χ3n) is 3.08. The molecule has 1 aliphatic rings. The fourth-order valence-corrected chi connectivity index (χ4v) is 1.94. The summed E-state index contributed by atoms with van der Waals surface area (Å²) in [6, 6.07) is 3.81. The summed E-state index contributed by atoms with van der Waals surface area (Å²) in [7, 11) is 0. The lowest BCUT2D eigenvalue weighted by atomic mass is 9.97. The van der Waals surface area contributed by atoms with Gasteiger partial charge in [-0.3, -0.25) is 9.78 Å². The van der Waals surface area contributed by atoms with E-state index < -0.39 is 0 Å². The highest BCUT2D eigenvalue weighted by Crippen LogP contribution is 2.26. The van der Waals surface area contributed by atoms with Crippen LogP contribution in [0.2, 0.25) is 0 Å². The van der Waals surface area contributed by atoms with Crippen LogP contribution >= 0.6 is 0 Å². The van der Waals surface area contributed by atoms with E-state index >= 15 is 0 Å². The highest BCUT2D eigenvalue weighted by Gasteiger charge is 2.17. The van der Waals surface area contributed by atoms with Crippen LogP contribution in [0.25, 0.3) is 0 Å². The number of hydrogen-bond donors (Lipinski definition) is 0. The third kappa shape index (κ3) is 2.90. The molecule has 0 amide bonds. The molecule has 0 radical (unpaired) electrons. The van der Waals surface area contributed by atoms with Crippen LogP contribution in [-0.4, -0.2) is 10.8 Å². The summed E-state index contributed by atoms with van der Waals surface area (Å²) in [5.74, 6) is 0.736. The van der Waals surface area contributed by atoms with Crippen LogP contribution in [-0.2, 0) is 11.2 Å². The van der Waals surface area contributed by atoms with Crippen molar-refractivity contribution in [1.29, 1.82) is 0 Å². The number of nitrogens with zero attached hydrogens (tertiary/aromatic N) is 1. The van der Waals surface area contributed by atoms with E-state index in [1.54, 1.807) is 12.4 Å². The molecule has 0 saturated carbocycles. The number of Topliss-reactive ketones (excluding diaryl/α,β-unsaturated/α-hetero) is 1. The highest BCUT2D eigenvalue weighted by atomic mass is 16.1. The Balaban J connectivity index is 1.96. The SMILES string of the molecule is CC(C)C1=CC=C(C(=O)Cc2cccnc2)C1. The van der Waals surface area contributed by atoms with Crippen molar-refractivity contribution in [3.05, 3.63) is 53.4 Å². The summed E-state index contributed by atoms with van der Waals surface area (Å²) in [5.41, 5.74) is 3.26. The zero-order valence-corrected chi connectivity index (χ0v) is 10.3.